The molecule has 2 aliphatic heterocycles. The lowest BCUT2D eigenvalue weighted by Gasteiger charge is -2.49. The molecule has 1 aromatic carbocycles. The minimum absolute atomic E-state index is 0.0154. The second-order valence-corrected chi connectivity index (χ2v) is 7.18. The van der Waals surface area contributed by atoms with E-state index in [1.54, 1.807) is 19.1 Å². The fourth-order valence-corrected chi connectivity index (χ4v) is 4.29. The number of rotatable bonds is 5. The lowest BCUT2D eigenvalue weighted by atomic mass is 10.0. The number of amides is 2. The van der Waals surface area contributed by atoms with E-state index in [9.17, 15) is 24.3 Å². The molecule has 0 aliphatic carbocycles. The molecule has 3 N–H and O–H groups in total. The van der Waals surface area contributed by atoms with Gasteiger partial charge in [-0.1, -0.05) is 12.1 Å². The van der Waals surface area contributed by atoms with Crippen LogP contribution in [0.5, 0.6) is 0 Å². The van der Waals surface area contributed by atoms with Gasteiger partial charge in [-0.05, 0) is 30.2 Å². The second-order valence-electron chi connectivity index (χ2n) is 6.07. The maximum absolute atomic E-state index is 12.3. The van der Waals surface area contributed by atoms with Crippen molar-refractivity contribution in [2.75, 3.05) is 5.75 Å². The van der Waals surface area contributed by atoms with E-state index in [1.807, 2.05) is 0 Å². The molecule has 136 valence electrons. The summed E-state index contributed by atoms with van der Waals surface area (Å²) in [7, 11) is 0. The van der Waals surface area contributed by atoms with Crippen LogP contribution < -0.4 is 5.32 Å². The van der Waals surface area contributed by atoms with Gasteiger partial charge in [0.2, 0.25) is 5.91 Å². The van der Waals surface area contributed by atoms with Gasteiger partial charge >= 0.3 is 11.9 Å². The largest absolute Gasteiger partial charge is 0.478 e. The first kappa shape index (κ1) is 18.0. The number of nitrogens with one attached hydrogen (secondary N) is 1. The molecule has 0 unspecified atom stereocenters. The van der Waals surface area contributed by atoms with Crippen LogP contribution in [0.2, 0.25) is 0 Å². The molecule has 2 atom stereocenters. The van der Waals surface area contributed by atoms with Crippen LogP contribution in [0.4, 0.5) is 0 Å². The first-order valence-corrected chi connectivity index (χ1v) is 8.83. The summed E-state index contributed by atoms with van der Waals surface area (Å²) < 4.78 is 0. The van der Waals surface area contributed by atoms with E-state index in [1.165, 1.54) is 28.8 Å². The maximum Gasteiger partial charge on any atom is 0.352 e. The summed E-state index contributed by atoms with van der Waals surface area (Å²) >= 11 is 1.40. The summed E-state index contributed by atoms with van der Waals surface area (Å²) in [4.78, 5) is 48.1. The van der Waals surface area contributed by atoms with E-state index in [4.69, 9.17) is 5.11 Å². The van der Waals surface area contributed by atoms with Crippen molar-refractivity contribution >= 4 is 35.5 Å². The standard InChI is InChI=1S/C17H16N2O6S/c1-8-7-26-15-12(14(21)19(15)13(8)17(24)25)18-11(20)6-9-3-2-4-10(5-9)16(22)23/h2-5,12,15H,6-7H2,1H3,(H,18,20)(H,22,23)(H,24,25)/t12-,15+/m1/s1. The molecular weight excluding hydrogens is 360 g/mol. The Morgan fingerprint density at radius 2 is 2.00 bits per heavy atom. The third kappa shape index (κ3) is 3.17. The number of nitrogens with zero attached hydrogens (tertiary/aromatic N) is 1. The van der Waals surface area contributed by atoms with Crippen LogP contribution in [-0.2, 0) is 20.8 Å². The number of carboxylic acids is 2. The highest BCUT2D eigenvalue weighted by molar-refractivity contribution is 8.00. The smallest absolute Gasteiger partial charge is 0.352 e. The zero-order valence-electron chi connectivity index (χ0n) is 13.8. The molecule has 1 fully saturated rings. The van der Waals surface area contributed by atoms with Crippen molar-refractivity contribution in [3.63, 3.8) is 0 Å². The quantitative estimate of drug-likeness (QED) is 0.646. The fraction of sp³-hybridized carbons (Fsp3) is 0.294. The summed E-state index contributed by atoms with van der Waals surface area (Å²) in [5, 5.41) is 20.5. The normalized spacial score (nSPS) is 21.7. The third-order valence-corrected chi connectivity index (χ3v) is 5.64. The Labute approximate surface area is 152 Å². The highest BCUT2D eigenvalue weighted by Crippen LogP contribution is 2.40. The Morgan fingerprint density at radius 1 is 1.27 bits per heavy atom. The Balaban J connectivity index is 1.67. The van der Waals surface area contributed by atoms with Gasteiger partial charge in [-0.2, -0.15) is 0 Å². The number of carbonyl (C=O) groups is 4. The zero-order chi connectivity index (χ0) is 19.0. The van der Waals surface area contributed by atoms with Gasteiger partial charge in [0, 0.05) is 5.75 Å². The van der Waals surface area contributed by atoms with Crippen molar-refractivity contribution in [2.24, 2.45) is 0 Å². The molecular formula is C17H16N2O6S. The van der Waals surface area contributed by atoms with Crippen LogP contribution in [0.25, 0.3) is 0 Å². The predicted molar refractivity (Wildman–Crippen MR) is 92.5 cm³/mol. The second kappa shape index (κ2) is 6.83. The van der Waals surface area contributed by atoms with Gasteiger partial charge in [0.25, 0.3) is 5.91 Å². The SMILES string of the molecule is CC1=C(C(=O)O)N2C(=O)[C@@H](NC(=O)Cc3cccc(C(=O)O)c3)[C@@H]2SC1. The van der Waals surface area contributed by atoms with Gasteiger partial charge in [0.1, 0.15) is 17.1 Å². The van der Waals surface area contributed by atoms with E-state index >= 15 is 0 Å². The summed E-state index contributed by atoms with van der Waals surface area (Å²) in [5.74, 6) is -2.64. The first-order chi connectivity index (χ1) is 12.3. The van der Waals surface area contributed by atoms with E-state index in [2.05, 4.69) is 5.32 Å². The van der Waals surface area contributed by atoms with Crippen molar-refractivity contribution in [1.29, 1.82) is 0 Å². The zero-order valence-corrected chi connectivity index (χ0v) is 14.6. The van der Waals surface area contributed by atoms with Crippen molar-refractivity contribution in [1.82, 2.24) is 10.2 Å². The highest BCUT2D eigenvalue weighted by atomic mass is 32.2. The number of carbonyl (C=O) groups excluding carboxylic acids is 2. The number of fused-ring (bicyclic) bond motifs is 1. The number of hydrogen-bond acceptors (Lipinski definition) is 5. The van der Waals surface area contributed by atoms with Gasteiger partial charge in [-0.25, -0.2) is 9.59 Å². The maximum atomic E-state index is 12.3. The Kier molecular flexibility index (Phi) is 4.73. The number of hydrogen-bond donors (Lipinski definition) is 3. The van der Waals surface area contributed by atoms with Crippen LogP contribution in [-0.4, -0.2) is 56.0 Å². The van der Waals surface area contributed by atoms with E-state index in [0.29, 0.717) is 16.9 Å². The van der Waals surface area contributed by atoms with E-state index in [0.717, 1.165) is 0 Å². The van der Waals surface area contributed by atoms with Crippen molar-refractivity contribution in [2.45, 2.75) is 24.8 Å². The number of β-lactam (4-membered cyclic amide) rings is 1. The average molecular weight is 376 g/mol. The predicted octanol–water partition coefficient (Wildman–Crippen LogP) is 0.686. The van der Waals surface area contributed by atoms with Gasteiger partial charge < -0.3 is 15.5 Å². The van der Waals surface area contributed by atoms with Crippen LogP contribution >= 0.6 is 11.8 Å². The molecule has 0 saturated carbocycles. The molecule has 26 heavy (non-hydrogen) atoms. The molecule has 2 aliphatic rings. The molecule has 0 aromatic heterocycles. The fourth-order valence-electron chi connectivity index (χ4n) is 3.00. The Bertz CT molecular complexity index is 849. The number of thioether (sulfide) groups is 1. The topological polar surface area (TPSA) is 124 Å². The van der Waals surface area contributed by atoms with Gasteiger partial charge in [-0.15, -0.1) is 11.8 Å². The van der Waals surface area contributed by atoms with Crippen LogP contribution in [0.3, 0.4) is 0 Å². The number of benzene rings is 1. The summed E-state index contributed by atoms with van der Waals surface area (Å²) in [6.07, 6.45) is -0.0665. The van der Waals surface area contributed by atoms with Crippen LogP contribution in [0.1, 0.15) is 22.8 Å². The van der Waals surface area contributed by atoms with Gasteiger partial charge in [0.05, 0.1) is 12.0 Å². The van der Waals surface area contributed by atoms with Crippen LogP contribution in [0, 0.1) is 0 Å². The van der Waals surface area contributed by atoms with Crippen molar-refractivity contribution < 1.29 is 29.4 Å². The van der Waals surface area contributed by atoms with Gasteiger partial charge in [0.15, 0.2) is 0 Å². The monoisotopic (exact) mass is 376 g/mol. The lowest BCUT2D eigenvalue weighted by Crippen LogP contribution is -2.70. The summed E-state index contributed by atoms with van der Waals surface area (Å²) in [6, 6.07) is 5.23. The van der Waals surface area contributed by atoms with Crippen molar-refractivity contribution in [3.8, 4) is 0 Å². The average Bonchev–Trinajstić information content (AvgIpc) is 2.59. The molecule has 0 bridgehead atoms. The molecule has 1 saturated heterocycles. The Hall–Kier alpha value is -2.81. The third-order valence-electron chi connectivity index (χ3n) is 4.22. The Morgan fingerprint density at radius 3 is 2.65 bits per heavy atom. The van der Waals surface area contributed by atoms with E-state index in [-0.39, 0.29) is 17.7 Å². The molecule has 1 aromatic rings. The molecule has 2 heterocycles. The van der Waals surface area contributed by atoms with Gasteiger partial charge in [-0.3, -0.25) is 14.5 Å². The highest BCUT2D eigenvalue weighted by Gasteiger charge is 2.53. The summed E-state index contributed by atoms with van der Waals surface area (Å²) in [6.45, 7) is 1.67. The number of aliphatic carboxylic acids is 1. The molecule has 0 radical (unpaired) electrons. The van der Waals surface area contributed by atoms with E-state index < -0.39 is 35.2 Å². The molecule has 8 nitrogen and oxygen atoms in total. The number of carboxylic acid groups (broad SMARTS) is 2. The number of aromatic carboxylic acids is 1. The molecule has 9 heteroatoms. The molecule has 3 rings (SSSR count). The first-order valence-electron chi connectivity index (χ1n) is 7.79. The molecule has 2 amide bonds. The van der Waals surface area contributed by atoms with Crippen LogP contribution in [0.15, 0.2) is 35.5 Å². The lowest BCUT2D eigenvalue weighted by molar-refractivity contribution is -0.150. The summed E-state index contributed by atoms with van der Waals surface area (Å²) in [5.41, 5.74) is 1.20. The minimum atomic E-state index is -1.16. The van der Waals surface area contributed by atoms with Crippen molar-refractivity contribution in [3.05, 3.63) is 46.7 Å². The minimum Gasteiger partial charge on any atom is -0.478 e. The molecule has 0 spiro atoms.